The van der Waals surface area contributed by atoms with Crippen LogP contribution in [0.4, 0.5) is 0 Å². The topological polar surface area (TPSA) is 34.1 Å². The first kappa shape index (κ1) is 8.63. The molecule has 0 aliphatic heterocycles. The molecule has 2 nitrogen and oxygen atoms in total. The fourth-order valence-corrected chi connectivity index (χ4v) is 0.560. The molecule has 0 rings (SSSR count). The average molecular weight is 149 g/mol. The van der Waals surface area contributed by atoms with Gasteiger partial charge in [-0.1, -0.05) is 6.92 Å². The van der Waals surface area contributed by atoms with Crippen LogP contribution in [0.2, 0.25) is 0 Å². The zero-order chi connectivity index (χ0) is 7.44. The van der Waals surface area contributed by atoms with Crippen LogP contribution in [0.3, 0.4) is 0 Å². The summed E-state index contributed by atoms with van der Waals surface area (Å²) in [6, 6.07) is 0. The van der Waals surface area contributed by atoms with Gasteiger partial charge in [-0.25, -0.2) is 0 Å². The maximum absolute atomic E-state index is 10.6. The van der Waals surface area contributed by atoms with Gasteiger partial charge in [0.25, 0.3) is 0 Å². The summed E-state index contributed by atoms with van der Waals surface area (Å²) in [7, 11) is 0. The van der Waals surface area contributed by atoms with Crippen molar-refractivity contribution in [2.45, 2.75) is 25.6 Å². The van der Waals surface area contributed by atoms with Crippen molar-refractivity contribution in [1.29, 1.82) is 0 Å². The highest BCUT2D eigenvalue weighted by molar-refractivity contribution is 6.41. The molecule has 3 heteroatoms. The van der Waals surface area contributed by atoms with E-state index in [0.29, 0.717) is 6.42 Å². The standard InChI is InChI=1S/C6H9ClO2/c1-3-5(9)6(7)4(2)8/h6H,3H2,1-2H3. The molecule has 0 bridgehead atoms. The zero-order valence-corrected chi connectivity index (χ0v) is 6.23. The van der Waals surface area contributed by atoms with E-state index >= 15 is 0 Å². The van der Waals surface area contributed by atoms with E-state index in [0.717, 1.165) is 0 Å². The molecule has 9 heavy (non-hydrogen) atoms. The summed E-state index contributed by atoms with van der Waals surface area (Å²) in [5.74, 6) is -0.479. The molecule has 1 unspecified atom stereocenters. The van der Waals surface area contributed by atoms with Gasteiger partial charge >= 0.3 is 0 Å². The van der Waals surface area contributed by atoms with E-state index in [2.05, 4.69) is 0 Å². The lowest BCUT2D eigenvalue weighted by Gasteiger charge is -1.98. The van der Waals surface area contributed by atoms with Crippen molar-refractivity contribution < 1.29 is 9.59 Å². The predicted octanol–water partition coefficient (Wildman–Crippen LogP) is 1.16. The van der Waals surface area contributed by atoms with Gasteiger partial charge in [0.2, 0.25) is 0 Å². The predicted molar refractivity (Wildman–Crippen MR) is 35.6 cm³/mol. The third kappa shape index (κ3) is 2.61. The molecule has 0 saturated heterocycles. The number of carbonyl (C=O) groups excluding carboxylic acids is 2. The lowest BCUT2D eigenvalue weighted by atomic mass is 10.2. The van der Waals surface area contributed by atoms with Gasteiger partial charge in [-0.15, -0.1) is 11.6 Å². The highest BCUT2D eigenvalue weighted by Crippen LogP contribution is 2.00. The van der Waals surface area contributed by atoms with E-state index in [1.165, 1.54) is 6.92 Å². The largest absolute Gasteiger partial charge is 0.298 e. The van der Waals surface area contributed by atoms with Gasteiger partial charge in [-0.2, -0.15) is 0 Å². The van der Waals surface area contributed by atoms with Gasteiger partial charge < -0.3 is 0 Å². The first-order valence-corrected chi connectivity index (χ1v) is 3.20. The van der Waals surface area contributed by atoms with Gasteiger partial charge in [0, 0.05) is 6.42 Å². The first-order valence-electron chi connectivity index (χ1n) is 2.76. The summed E-state index contributed by atoms with van der Waals surface area (Å²) >= 11 is 5.37. The number of halogens is 1. The molecule has 0 aliphatic carbocycles. The maximum Gasteiger partial charge on any atom is 0.157 e. The van der Waals surface area contributed by atoms with E-state index in [-0.39, 0.29) is 11.6 Å². The van der Waals surface area contributed by atoms with E-state index in [1.54, 1.807) is 6.92 Å². The van der Waals surface area contributed by atoms with Crippen molar-refractivity contribution in [3.05, 3.63) is 0 Å². The molecule has 0 spiro atoms. The Morgan fingerprint density at radius 1 is 1.56 bits per heavy atom. The Kier molecular flexibility index (Phi) is 3.47. The lowest BCUT2D eigenvalue weighted by molar-refractivity contribution is -0.125. The molecule has 1 atom stereocenters. The molecular formula is C6H9ClO2. The number of hydrogen-bond donors (Lipinski definition) is 0. The van der Waals surface area contributed by atoms with E-state index in [1.807, 2.05) is 0 Å². The number of rotatable bonds is 3. The van der Waals surface area contributed by atoms with E-state index in [9.17, 15) is 9.59 Å². The van der Waals surface area contributed by atoms with Gasteiger partial charge in [-0.05, 0) is 6.92 Å². The molecule has 0 fully saturated rings. The van der Waals surface area contributed by atoms with Crippen LogP contribution in [-0.4, -0.2) is 16.9 Å². The first-order chi connectivity index (χ1) is 4.09. The minimum atomic E-state index is -0.921. The molecule has 52 valence electrons. The highest BCUT2D eigenvalue weighted by atomic mass is 35.5. The fraction of sp³-hybridized carbons (Fsp3) is 0.667. The van der Waals surface area contributed by atoms with Crippen LogP contribution in [0.15, 0.2) is 0 Å². The lowest BCUT2D eigenvalue weighted by Crippen LogP contribution is -2.20. The van der Waals surface area contributed by atoms with Crippen LogP contribution in [0.5, 0.6) is 0 Å². The molecule has 0 radical (unpaired) electrons. The SMILES string of the molecule is CCC(=O)C(Cl)C(C)=O. The maximum atomic E-state index is 10.6. The second-order valence-electron chi connectivity index (χ2n) is 1.79. The Hall–Kier alpha value is -0.370. The Labute approximate surface area is 59.2 Å². The summed E-state index contributed by atoms with van der Waals surface area (Å²) in [5, 5.41) is -0.921. The monoisotopic (exact) mass is 148 g/mol. The quantitative estimate of drug-likeness (QED) is 0.445. The van der Waals surface area contributed by atoms with Crippen LogP contribution in [0.25, 0.3) is 0 Å². The normalized spacial score (nSPS) is 12.8. The van der Waals surface area contributed by atoms with Crippen LogP contribution in [0, 0.1) is 0 Å². The molecule has 0 aromatic heterocycles. The smallest absolute Gasteiger partial charge is 0.157 e. The number of Topliss-reactive ketones (excluding diaryl/α,β-unsaturated/α-hetero) is 2. The Balaban J connectivity index is 3.88. The van der Waals surface area contributed by atoms with Crippen molar-refractivity contribution in [3.63, 3.8) is 0 Å². The number of ketones is 2. The summed E-state index contributed by atoms with van der Waals surface area (Å²) in [6.45, 7) is 2.99. The molecule has 0 amide bonds. The Morgan fingerprint density at radius 3 is 2.11 bits per heavy atom. The minimum Gasteiger partial charge on any atom is -0.298 e. The molecule has 0 saturated carbocycles. The van der Waals surface area contributed by atoms with Crippen LogP contribution < -0.4 is 0 Å². The molecule has 0 N–H and O–H groups in total. The van der Waals surface area contributed by atoms with Crippen LogP contribution in [-0.2, 0) is 9.59 Å². The van der Waals surface area contributed by atoms with Crippen LogP contribution >= 0.6 is 11.6 Å². The van der Waals surface area contributed by atoms with Crippen LogP contribution in [0.1, 0.15) is 20.3 Å². The number of alkyl halides is 1. The summed E-state index contributed by atoms with van der Waals surface area (Å²) in [5.41, 5.74) is 0. The van der Waals surface area contributed by atoms with E-state index in [4.69, 9.17) is 11.6 Å². The molecular weight excluding hydrogens is 140 g/mol. The summed E-state index contributed by atoms with van der Waals surface area (Å²) in [6.07, 6.45) is 0.327. The van der Waals surface area contributed by atoms with Crippen molar-refractivity contribution in [2.24, 2.45) is 0 Å². The number of hydrogen-bond acceptors (Lipinski definition) is 2. The van der Waals surface area contributed by atoms with Crippen molar-refractivity contribution >= 4 is 23.2 Å². The molecule has 0 heterocycles. The third-order valence-corrected chi connectivity index (χ3v) is 1.54. The highest BCUT2D eigenvalue weighted by Gasteiger charge is 2.16. The third-order valence-electron chi connectivity index (χ3n) is 0.988. The second kappa shape index (κ2) is 3.62. The fourth-order valence-electron chi connectivity index (χ4n) is 0.406. The molecule has 0 aromatic rings. The van der Waals surface area contributed by atoms with Crippen molar-refractivity contribution in [2.75, 3.05) is 0 Å². The molecule has 0 aliphatic rings. The summed E-state index contributed by atoms with van der Waals surface area (Å²) in [4.78, 5) is 21.0. The van der Waals surface area contributed by atoms with Gasteiger partial charge in [-0.3, -0.25) is 9.59 Å². The average Bonchev–Trinajstić information content (AvgIpc) is 1.84. The van der Waals surface area contributed by atoms with Crippen molar-refractivity contribution in [1.82, 2.24) is 0 Å². The zero-order valence-electron chi connectivity index (χ0n) is 5.48. The Morgan fingerprint density at radius 2 is 2.00 bits per heavy atom. The van der Waals surface area contributed by atoms with Gasteiger partial charge in [0.05, 0.1) is 0 Å². The van der Waals surface area contributed by atoms with Gasteiger partial charge in [0.1, 0.15) is 5.38 Å². The Bertz CT molecular complexity index is 131. The van der Waals surface area contributed by atoms with E-state index < -0.39 is 5.38 Å². The number of carbonyl (C=O) groups is 2. The molecule has 0 aromatic carbocycles. The van der Waals surface area contributed by atoms with Gasteiger partial charge in [0.15, 0.2) is 11.6 Å². The minimum absolute atomic E-state index is 0.204. The second-order valence-corrected chi connectivity index (χ2v) is 2.23. The summed E-state index contributed by atoms with van der Waals surface area (Å²) < 4.78 is 0. The van der Waals surface area contributed by atoms with Crippen molar-refractivity contribution in [3.8, 4) is 0 Å².